The molecule has 12 rings (SSSR count). The van der Waals surface area contributed by atoms with Crippen LogP contribution in [-0.4, -0.2) is 28.7 Å². The van der Waals surface area contributed by atoms with Crippen LogP contribution in [0.1, 0.15) is 51.7 Å². The van der Waals surface area contributed by atoms with E-state index in [1.54, 1.807) is 55.4 Å². The van der Waals surface area contributed by atoms with Crippen molar-refractivity contribution in [1.29, 1.82) is 0 Å². The Labute approximate surface area is 481 Å². The summed E-state index contributed by atoms with van der Waals surface area (Å²) in [4.78, 5) is 12.6. The number of aromatic nitrogens is 6. The number of hydrogen-bond acceptors (Lipinski definition) is 6. The smallest absolute Gasteiger partial charge is 0.171 e. The maximum atomic E-state index is 14.5. The van der Waals surface area contributed by atoms with Gasteiger partial charge in [-0.25, -0.2) is 41.3 Å². The summed E-state index contributed by atoms with van der Waals surface area (Å²) in [5.74, 6) is -3.77. The van der Waals surface area contributed by atoms with Crippen LogP contribution in [0.25, 0.3) is 0 Å². The lowest BCUT2D eigenvalue weighted by molar-refractivity contribution is 0.262. The molecule has 0 radical (unpaired) electrons. The van der Waals surface area contributed by atoms with E-state index in [0.717, 1.165) is 46.4 Å². The molecule has 3 aromatic heterocycles. The SMILES string of the molecule is Fc1ccc(C2(Cn3ccnc3I)OC2c2ccccc2Cl)c(F)c1.Fc1ccc([C@]2(Cn3ccnc3I)O[C@@H]2c2ccccc2Cl)c(F)c1.Fc1ccc([C@]2(Cn3ccnc3I)O[C@H]2c2ccccc2Cl)c(F)c1. The number of halogens is 12. The molecule has 21 heteroatoms. The minimum atomic E-state index is -0.955. The zero-order valence-corrected chi connectivity index (χ0v) is 47.1. The van der Waals surface area contributed by atoms with Crippen LogP contribution < -0.4 is 0 Å². The molecule has 6 atom stereocenters. The van der Waals surface area contributed by atoms with E-state index in [1.165, 1.54) is 36.4 Å². The average Bonchev–Trinajstić information content (AvgIpc) is 4.40. The lowest BCUT2D eigenvalue weighted by Crippen LogP contribution is -2.21. The highest BCUT2D eigenvalue weighted by Crippen LogP contribution is 2.62. The topological polar surface area (TPSA) is 91.0 Å². The zero-order chi connectivity index (χ0) is 52.8. The third kappa shape index (κ3) is 11.0. The maximum Gasteiger partial charge on any atom is 0.171 e. The largest absolute Gasteiger partial charge is 0.354 e. The number of ether oxygens (including phenoxy) is 3. The summed E-state index contributed by atoms with van der Waals surface area (Å²) in [6.45, 7) is 1.05. The Hall–Kier alpha value is -4.53. The fourth-order valence-electron chi connectivity index (χ4n) is 9.31. The minimum absolute atomic E-state index is 0.309. The molecule has 9 nitrogen and oxygen atoms in total. The second kappa shape index (κ2) is 22.1. The predicted octanol–water partition coefficient (Wildman–Crippen LogP) is 15.3. The predicted molar refractivity (Wildman–Crippen MR) is 295 cm³/mol. The van der Waals surface area contributed by atoms with Crippen molar-refractivity contribution in [3.63, 3.8) is 0 Å². The number of benzene rings is 6. The van der Waals surface area contributed by atoms with Gasteiger partial charge in [-0.15, -0.1) is 0 Å². The Morgan fingerprint density at radius 2 is 0.680 bits per heavy atom. The van der Waals surface area contributed by atoms with Crippen molar-refractivity contribution in [2.24, 2.45) is 0 Å². The zero-order valence-electron chi connectivity index (χ0n) is 38.4. The highest BCUT2D eigenvalue weighted by molar-refractivity contribution is 14.1. The van der Waals surface area contributed by atoms with Crippen LogP contribution in [0.3, 0.4) is 0 Å². The maximum absolute atomic E-state index is 14.5. The summed E-state index contributed by atoms with van der Waals surface area (Å²) >= 11 is 25.2. The van der Waals surface area contributed by atoms with Gasteiger partial charge in [0.1, 0.15) is 70.0 Å². The van der Waals surface area contributed by atoms with Crippen molar-refractivity contribution < 1.29 is 40.6 Å². The molecular formula is C54H36Cl3F6I3N6O3. The summed E-state index contributed by atoms with van der Waals surface area (Å²) in [5, 5.41) is 1.66. The molecule has 0 saturated carbocycles. The molecule has 0 bridgehead atoms. The highest BCUT2D eigenvalue weighted by Gasteiger charge is 2.63. The molecule has 3 saturated heterocycles. The number of epoxide rings is 3. The summed E-state index contributed by atoms with van der Waals surface area (Å²) < 4.78 is 110. The van der Waals surface area contributed by atoms with Gasteiger partial charge in [0, 0.05) is 104 Å². The van der Waals surface area contributed by atoms with Crippen LogP contribution >= 0.6 is 103 Å². The van der Waals surface area contributed by atoms with Crippen LogP contribution in [0.5, 0.6) is 0 Å². The molecule has 3 aliphatic heterocycles. The highest BCUT2D eigenvalue weighted by atomic mass is 127. The molecule has 6 heterocycles. The Morgan fingerprint density at radius 1 is 0.413 bits per heavy atom. The fourth-order valence-corrected chi connectivity index (χ4v) is 11.5. The Kier molecular flexibility index (Phi) is 15.8. The quantitative estimate of drug-likeness (QED) is 0.0688. The molecule has 384 valence electrons. The Morgan fingerprint density at radius 3 is 0.907 bits per heavy atom. The summed E-state index contributed by atoms with van der Waals surface area (Å²) in [7, 11) is 0. The van der Waals surface area contributed by atoms with E-state index >= 15 is 0 Å². The van der Waals surface area contributed by atoms with Gasteiger partial charge in [-0.3, -0.25) is 0 Å². The first kappa shape index (κ1) is 53.9. The minimum Gasteiger partial charge on any atom is -0.354 e. The molecule has 9 aromatic rings. The van der Waals surface area contributed by atoms with Gasteiger partial charge >= 0.3 is 0 Å². The summed E-state index contributed by atoms with van der Waals surface area (Å²) in [5.41, 5.74) is 0.403. The van der Waals surface area contributed by atoms with Crippen LogP contribution in [0.4, 0.5) is 26.3 Å². The second-order valence-corrected chi connectivity index (χ2v) is 21.7. The van der Waals surface area contributed by atoms with Crippen molar-refractivity contribution >= 4 is 103 Å². The van der Waals surface area contributed by atoms with E-state index in [1.807, 2.05) is 68.3 Å². The molecule has 0 amide bonds. The fraction of sp³-hybridized carbons (Fsp3) is 0.167. The van der Waals surface area contributed by atoms with Gasteiger partial charge in [0.15, 0.2) is 11.5 Å². The van der Waals surface area contributed by atoms with Gasteiger partial charge in [-0.1, -0.05) is 108 Å². The van der Waals surface area contributed by atoms with E-state index in [-0.39, 0.29) is 0 Å². The van der Waals surface area contributed by atoms with Crippen molar-refractivity contribution in [2.45, 2.75) is 54.7 Å². The van der Waals surface area contributed by atoms with Crippen molar-refractivity contribution in [1.82, 2.24) is 28.7 Å². The molecule has 6 aromatic carbocycles. The number of rotatable bonds is 12. The lowest BCUT2D eigenvalue weighted by Gasteiger charge is -2.16. The van der Waals surface area contributed by atoms with Crippen LogP contribution in [0, 0.1) is 46.4 Å². The van der Waals surface area contributed by atoms with Gasteiger partial charge in [0.25, 0.3) is 0 Å². The number of imidazole rings is 3. The van der Waals surface area contributed by atoms with E-state index < -0.39 is 70.0 Å². The molecule has 3 fully saturated rings. The van der Waals surface area contributed by atoms with Gasteiger partial charge in [0.05, 0.1) is 19.6 Å². The van der Waals surface area contributed by atoms with Crippen molar-refractivity contribution in [3.05, 3.63) is 259 Å². The van der Waals surface area contributed by atoms with Crippen molar-refractivity contribution in [2.75, 3.05) is 0 Å². The monoisotopic (exact) mass is 1420 g/mol. The Bertz CT molecular complexity index is 3210. The summed E-state index contributed by atoms with van der Waals surface area (Å²) in [6.07, 6.45) is 9.16. The number of hydrogen-bond donors (Lipinski definition) is 0. The molecule has 0 spiro atoms. The number of nitrogens with zero attached hydrogens (tertiary/aromatic N) is 6. The first-order valence-corrected chi connectivity index (χ1v) is 27.0. The average molecular weight is 1420 g/mol. The lowest BCUT2D eigenvalue weighted by atomic mass is 9.91. The standard InChI is InChI=1S/3C18H12ClF2IN2O/c3*19-14-4-2-1-3-12(14)16-18(25-16,10-24-8-7-23-17(24)22)13-6-5-11(20)9-15(13)21/h3*1-9,16H,10H2/t16-,18+;16-,18-;/m10./s1. The second-order valence-electron chi connectivity index (χ2n) is 17.6. The molecular weight excluding hydrogens is 1380 g/mol. The third-order valence-electron chi connectivity index (χ3n) is 13.0. The van der Waals surface area contributed by atoms with Crippen LogP contribution in [0.2, 0.25) is 15.1 Å². The molecule has 0 N–H and O–H groups in total. The van der Waals surface area contributed by atoms with Gasteiger partial charge in [0.2, 0.25) is 0 Å². The third-order valence-corrected chi connectivity index (χ3v) is 16.7. The van der Waals surface area contributed by atoms with Crippen molar-refractivity contribution in [3.8, 4) is 0 Å². The molecule has 0 aliphatic carbocycles. The van der Waals surface area contributed by atoms with Crippen LogP contribution in [0.15, 0.2) is 165 Å². The van der Waals surface area contributed by atoms with E-state index in [0.29, 0.717) is 51.4 Å². The normalized spacial score (nSPS) is 22.2. The molecule has 75 heavy (non-hydrogen) atoms. The summed E-state index contributed by atoms with van der Waals surface area (Å²) in [6, 6.07) is 32.6. The van der Waals surface area contributed by atoms with Gasteiger partial charge in [-0.05, 0) is 104 Å². The van der Waals surface area contributed by atoms with Crippen LogP contribution in [-0.2, 0) is 50.6 Å². The molecule has 2 unspecified atom stereocenters. The van der Waals surface area contributed by atoms with Gasteiger partial charge in [-0.2, -0.15) is 0 Å². The first-order valence-electron chi connectivity index (χ1n) is 22.7. The van der Waals surface area contributed by atoms with E-state index in [4.69, 9.17) is 49.0 Å². The Balaban J connectivity index is 0.000000128. The van der Waals surface area contributed by atoms with E-state index in [9.17, 15) is 26.3 Å². The molecule has 3 aliphatic rings. The van der Waals surface area contributed by atoms with E-state index in [2.05, 4.69) is 82.7 Å². The first-order chi connectivity index (χ1) is 36.0. The van der Waals surface area contributed by atoms with Gasteiger partial charge < -0.3 is 27.9 Å².